The molecule has 2 aromatic carbocycles. The summed E-state index contributed by atoms with van der Waals surface area (Å²) in [4.78, 5) is 9.00. The summed E-state index contributed by atoms with van der Waals surface area (Å²) < 4.78 is 18.0. The van der Waals surface area contributed by atoms with Gasteiger partial charge in [0.15, 0.2) is 5.13 Å². The molecule has 1 aliphatic heterocycles. The van der Waals surface area contributed by atoms with Gasteiger partial charge in [0, 0.05) is 46.5 Å². The highest BCUT2D eigenvalue weighted by Crippen LogP contribution is 2.40. The number of rotatable bonds is 12. The lowest BCUT2D eigenvalue weighted by atomic mass is 10.0. The third-order valence-electron chi connectivity index (χ3n) is 7.61. The molecule has 6 rings (SSSR count). The fourth-order valence-corrected chi connectivity index (χ4v) is 6.55. The number of nitrogens with one attached hydrogen (secondary N) is 2. The number of unbranched alkanes of at least 4 members (excludes halogenated alkanes) is 1. The van der Waals surface area contributed by atoms with E-state index in [4.69, 9.17) is 28.3 Å². The average molecular weight is 625 g/mol. The van der Waals surface area contributed by atoms with Gasteiger partial charge in [-0.15, -0.1) is 11.3 Å². The number of hydrogen-bond donors (Lipinski definition) is 2. The molecule has 1 aliphatic rings. The van der Waals surface area contributed by atoms with Gasteiger partial charge in [-0.1, -0.05) is 67.4 Å². The van der Waals surface area contributed by atoms with Crippen molar-refractivity contribution in [3.63, 3.8) is 0 Å². The zero-order chi connectivity index (χ0) is 29.2. The standard InChI is InChI=1S/C31H32Cl2FN7S/c1-3-4-10-35-11-9-20-5-7-21(8-6-20)23-15-25(32)24-17-41(39-28(24)27(23)33)30(19(2)38-31-36-12-13-42-31)29-26-14-22(34)16-40(26)18-37-29/h5-8,12-13,15,17-18,22,30,35H,2-4,9-11,14,16H2,1H3,(H,36,38)/t22-,30?/m1/s1. The van der Waals surface area contributed by atoms with Crippen LogP contribution in [0.15, 0.2) is 66.7 Å². The molecule has 7 nitrogen and oxygen atoms in total. The van der Waals surface area contributed by atoms with Crippen molar-refractivity contribution in [2.75, 3.05) is 18.4 Å². The van der Waals surface area contributed by atoms with Crippen LogP contribution in [0.3, 0.4) is 0 Å². The van der Waals surface area contributed by atoms with Gasteiger partial charge in [0.2, 0.25) is 0 Å². The Bertz CT molecular complexity index is 1690. The van der Waals surface area contributed by atoms with E-state index in [1.165, 1.54) is 29.7 Å². The Kier molecular flexibility index (Phi) is 8.62. The second-order valence-corrected chi connectivity index (χ2v) is 12.2. The van der Waals surface area contributed by atoms with Gasteiger partial charge in [-0.05, 0) is 43.1 Å². The van der Waals surface area contributed by atoms with Gasteiger partial charge < -0.3 is 15.2 Å². The lowest BCUT2D eigenvalue weighted by molar-refractivity contribution is 0.328. The van der Waals surface area contributed by atoms with Gasteiger partial charge in [0.1, 0.15) is 17.7 Å². The molecular formula is C31H32Cl2FN7S. The zero-order valence-electron chi connectivity index (χ0n) is 23.3. The highest BCUT2D eigenvalue weighted by Gasteiger charge is 2.32. The van der Waals surface area contributed by atoms with E-state index in [9.17, 15) is 4.39 Å². The topological polar surface area (TPSA) is 72.6 Å². The van der Waals surface area contributed by atoms with Crippen LogP contribution in [0.25, 0.3) is 22.0 Å². The Morgan fingerprint density at radius 1 is 1.21 bits per heavy atom. The molecule has 0 fully saturated rings. The Hall–Kier alpha value is -3.24. The number of hydrogen-bond acceptors (Lipinski definition) is 6. The molecular weight excluding hydrogens is 592 g/mol. The van der Waals surface area contributed by atoms with Crippen LogP contribution in [0.2, 0.25) is 10.0 Å². The van der Waals surface area contributed by atoms with Crippen LogP contribution in [-0.4, -0.2) is 43.6 Å². The molecule has 0 saturated heterocycles. The van der Waals surface area contributed by atoms with Gasteiger partial charge in [-0.2, -0.15) is 5.10 Å². The first-order valence-corrected chi connectivity index (χ1v) is 15.8. The number of alkyl halides is 1. The first kappa shape index (κ1) is 28.9. The maximum absolute atomic E-state index is 14.4. The molecule has 0 aliphatic carbocycles. The van der Waals surface area contributed by atoms with Crippen LogP contribution in [0.4, 0.5) is 9.52 Å². The molecule has 5 aromatic rings. The Labute approximate surface area is 258 Å². The summed E-state index contributed by atoms with van der Waals surface area (Å²) in [5.74, 6) is 0. The number of thiazole rings is 1. The quantitative estimate of drug-likeness (QED) is 0.139. The summed E-state index contributed by atoms with van der Waals surface area (Å²) in [5.41, 5.74) is 5.73. The molecule has 0 saturated carbocycles. The number of aromatic nitrogens is 5. The van der Waals surface area contributed by atoms with Crippen LogP contribution < -0.4 is 10.6 Å². The molecule has 3 aromatic heterocycles. The third-order valence-corrected chi connectivity index (χ3v) is 8.99. The van der Waals surface area contributed by atoms with Crippen molar-refractivity contribution in [3.8, 4) is 11.1 Å². The van der Waals surface area contributed by atoms with E-state index in [1.807, 2.05) is 22.2 Å². The van der Waals surface area contributed by atoms with Gasteiger partial charge in [0.05, 0.1) is 28.6 Å². The maximum atomic E-state index is 14.4. The summed E-state index contributed by atoms with van der Waals surface area (Å²) in [7, 11) is 0. The summed E-state index contributed by atoms with van der Waals surface area (Å²) in [6.07, 6.45) is 7.94. The number of halogens is 3. The predicted octanol–water partition coefficient (Wildman–Crippen LogP) is 7.70. The van der Waals surface area contributed by atoms with Crippen LogP contribution in [0, 0.1) is 0 Å². The molecule has 4 heterocycles. The Balaban J connectivity index is 1.33. The van der Waals surface area contributed by atoms with Crippen LogP contribution in [-0.2, 0) is 19.4 Å². The first-order valence-electron chi connectivity index (χ1n) is 14.1. The van der Waals surface area contributed by atoms with Crippen molar-refractivity contribution >= 4 is 50.6 Å². The second kappa shape index (κ2) is 12.6. The van der Waals surface area contributed by atoms with Gasteiger partial charge in [0.25, 0.3) is 0 Å². The predicted molar refractivity (Wildman–Crippen MR) is 171 cm³/mol. The molecule has 11 heteroatoms. The van der Waals surface area contributed by atoms with Crippen molar-refractivity contribution in [3.05, 3.63) is 93.7 Å². The van der Waals surface area contributed by atoms with Crippen LogP contribution in [0.5, 0.6) is 0 Å². The number of fused-ring (bicyclic) bond motifs is 2. The van der Waals surface area contributed by atoms with Crippen LogP contribution in [0.1, 0.15) is 42.8 Å². The summed E-state index contributed by atoms with van der Waals surface area (Å²) in [6.45, 7) is 8.79. The van der Waals surface area contributed by atoms with E-state index in [1.54, 1.807) is 17.2 Å². The minimum absolute atomic E-state index is 0.285. The number of nitrogens with zero attached hydrogens (tertiary/aromatic N) is 5. The molecule has 1 unspecified atom stereocenters. The Morgan fingerprint density at radius 2 is 2.05 bits per heavy atom. The lowest BCUT2D eigenvalue weighted by Gasteiger charge is -2.20. The smallest absolute Gasteiger partial charge is 0.186 e. The number of allylic oxidation sites excluding steroid dienone is 1. The van der Waals surface area contributed by atoms with Gasteiger partial charge in [-0.3, -0.25) is 4.68 Å². The van der Waals surface area contributed by atoms with E-state index >= 15 is 0 Å². The van der Waals surface area contributed by atoms with Crippen molar-refractivity contribution < 1.29 is 4.39 Å². The van der Waals surface area contributed by atoms with Gasteiger partial charge >= 0.3 is 0 Å². The zero-order valence-corrected chi connectivity index (χ0v) is 25.6. The Morgan fingerprint density at radius 3 is 2.81 bits per heavy atom. The minimum atomic E-state index is -0.950. The highest BCUT2D eigenvalue weighted by atomic mass is 35.5. The largest absolute Gasteiger partial charge is 0.333 e. The number of imidazole rings is 1. The van der Waals surface area contributed by atoms with Crippen molar-refractivity contribution in [2.24, 2.45) is 0 Å². The molecule has 218 valence electrons. The SMILES string of the molecule is C=C(Nc1nccs1)C(c1ncn2c1C[C@@H](F)C2)n1cc2c(Cl)cc(-c3ccc(CCNCCCC)cc3)c(Cl)c2n1. The summed E-state index contributed by atoms with van der Waals surface area (Å²) in [6, 6.07) is 9.76. The van der Waals surface area contributed by atoms with E-state index in [0.29, 0.717) is 37.5 Å². The second-order valence-electron chi connectivity index (χ2n) is 10.6. The van der Waals surface area contributed by atoms with Gasteiger partial charge in [-0.25, -0.2) is 14.4 Å². The third kappa shape index (κ3) is 5.83. The molecule has 0 amide bonds. The average Bonchev–Trinajstić information content (AvgIpc) is 3.78. The minimum Gasteiger partial charge on any atom is -0.333 e. The number of benzene rings is 2. The van der Waals surface area contributed by atoms with Crippen molar-refractivity contribution in [1.29, 1.82) is 0 Å². The molecule has 2 atom stereocenters. The van der Waals surface area contributed by atoms with Crippen molar-refractivity contribution in [1.82, 2.24) is 29.6 Å². The molecule has 0 radical (unpaired) electrons. The number of anilines is 1. The fourth-order valence-electron chi connectivity index (χ4n) is 5.44. The lowest BCUT2D eigenvalue weighted by Crippen LogP contribution is -2.20. The monoisotopic (exact) mass is 623 g/mol. The normalized spacial score (nSPS) is 15.3. The molecule has 0 bridgehead atoms. The maximum Gasteiger partial charge on any atom is 0.186 e. The summed E-state index contributed by atoms with van der Waals surface area (Å²) in [5, 5.41) is 16.0. The van der Waals surface area contributed by atoms with E-state index in [-0.39, 0.29) is 13.0 Å². The summed E-state index contributed by atoms with van der Waals surface area (Å²) >= 11 is 15.3. The highest BCUT2D eigenvalue weighted by molar-refractivity contribution is 7.13. The fraction of sp³-hybridized carbons (Fsp3) is 0.323. The van der Waals surface area contributed by atoms with Crippen LogP contribution >= 0.6 is 34.5 Å². The van der Waals surface area contributed by atoms with E-state index in [2.05, 4.69) is 58.4 Å². The van der Waals surface area contributed by atoms with E-state index < -0.39 is 12.2 Å². The van der Waals surface area contributed by atoms with E-state index in [0.717, 1.165) is 36.3 Å². The van der Waals surface area contributed by atoms with Crippen molar-refractivity contribution in [2.45, 2.75) is 51.4 Å². The molecule has 2 N–H and O–H groups in total. The molecule has 0 spiro atoms. The molecule has 42 heavy (non-hydrogen) atoms. The first-order chi connectivity index (χ1) is 20.4.